The van der Waals surface area contributed by atoms with E-state index < -0.39 is 11.4 Å². The molecule has 19 heavy (non-hydrogen) atoms. The zero-order chi connectivity index (χ0) is 14.0. The Bertz CT molecular complexity index is 510. The van der Waals surface area contributed by atoms with Gasteiger partial charge in [-0.1, -0.05) is 0 Å². The SMILES string of the molecule is CC1(C(=O)O)CCN(C(=O)c2cncc(Br)c2)CC1. The number of aromatic nitrogens is 1. The molecule has 1 saturated heterocycles. The number of rotatable bonds is 2. The van der Waals surface area contributed by atoms with Crippen molar-refractivity contribution in [2.75, 3.05) is 13.1 Å². The molecule has 0 bridgehead atoms. The van der Waals surface area contributed by atoms with Gasteiger partial charge in [-0.3, -0.25) is 14.6 Å². The first kappa shape index (κ1) is 14.0. The number of nitrogens with zero attached hydrogens (tertiary/aromatic N) is 2. The first-order chi connectivity index (χ1) is 8.92. The molecule has 102 valence electrons. The molecular weight excluding hydrogens is 312 g/mol. The molecule has 0 spiro atoms. The summed E-state index contributed by atoms with van der Waals surface area (Å²) < 4.78 is 0.755. The lowest BCUT2D eigenvalue weighted by atomic mass is 9.80. The van der Waals surface area contributed by atoms with Gasteiger partial charge in [0.2, 0.25) is 0 Å². The number of likely N-dealkylation sites (tertiary alicyclic amines) is 1. The number of hydrogen-bond donors (Lipinski definition) is 1. The van der Waals surface area contributed by atoms with Crippen LogP contribution >= 0.6 is 15.9 Å². The monoisotopic (exact) mass is 326 g/mol. The molecule has 5 nitrogen and oxygen atoms in total. The summed E-state index contributed by atoms with van der Waals surface area (Å²) in [5.74, 6) is -0.884. The zero-order valence-corrected chi connectivity index (χ0v) is 12.2. The van der Waals surface area contributed by atoms with E-state index in [9.17, 15) is 9.59 Å². The minimum atomic E-state index is -0.788. The van der Waals surface area contributed by atoms with Crippen molar-refractivity contribution in [2.24, 2.45) is 5.41 Å². The molecule has 1 N–H and O–H groups in total. The number of carbonyl (C=O) groups is 2. The fourth-order valence-corrected chi connectivity index (χ4v) is 2.49. The molecule has 0 atom stereocenters. The Morgan fingerprint density at radius 1 is 1.37 bits per heavy atom. The maximum Gasteiger partial charge on any atom is 0.309 e. The fraction of sp³-hybridized carbons (Fsp3) is 0.462. The molecule has 1 fully saturated rings. The number of carboxylic acid groups (broad SMARTS) is 1. The molecule has 6 heteroatoms. The zero-order valence-electron chi connectivity index (χ0n) is 10.6. The molecule has 0 aromatic carbocycles. The molecule has 1 amide bonds. The van der Waals surface area contributed by atoms with Crippen LogP contribution in [0.3, 0.4) is 0 Å². The molecule has 1 aromatic heterocycles. The highest BCUT2D eigenvalue weighted by atomic mass is 79.9. The second-order valence-corrected chi connectivity index (χ2v) is 5.97. The Morgan fingerprint density at radius 2 is 2.00 bits per heavy atom. The summed E-state index contributed by atoms with van der Waals surface area (Å²) in [6.45, 7) is 2.67. The highest BCUT2D eigenvalue weighted by molar-refractivity contribution is 9.10. The number of hydrogen-bond acceptors (Lipinski definition) is 3. The van der Waals surface area contributed by atoms with Gasteiger partial charge in [-0.2, -0.15) is 0 Å². The number of halogens is 1. The predicted molar refractivity (Wildman–Crippen MR) is 72.8 cm³/mol. The summed E-state index contributed by atoms with van der Waals surface area (Å²) in [5, 5.41) is 9.16. The van der Waals surface area contributed by atoms with E-state index in [1.807, 2.05) is 0 Å². The van der Waals surface area contributed by atoms with Gasteiger partial charge < -0.3 is 10.0 Å². The van der Waals surface area contributed by atoms with Crippen LogP contribution in [0.1, 0.15) is 30.1 Å². The van der Waals surface area contributed by atoms with Crippen molar-refractivity contribution in [3.63, 3.8) is 0 Å². The molecule has 0 saturated carbocycles. The average Bonchev–Trinajstić information content (AvgIpc) is 2.38. The molecular formula is C13H15BrN2O3. The summed E-state index contributed by atoms with van der Waals surface area (Å²) in [5.41, 5.74) is -0.194. The van der Waals surface area contributed by atoms with E-state index in [1.54, 1.807) is 24.1 Å². The second kappa shape index (κ2) is 5.28. The van der Waals surface area contributed by atoms with Gasteiger partial charge in [0.25, 0.3) is 5.91 Å². The van der Waals surface area contributed by atoms with Crippen LogP contribution < -0.4 is 0 Å². The number of amides is 1. The van der Waals surface area contributed by atoms with E-state index in [2.05, 4.69) is 20.9 Å². The van der Waals surface area contributed by atoms with Gasteiger partial charge in [0.1, 0.15) is 0 Å². The highest BCUT2D eigenvalue weighted by Gasteiger charge is 2.38. The van der Waals surface area contributed by atoms with E-state index in [4.69, 9.17) is 5.11 Å². The quantitative estimate of drug-likeness (QED) is 0.904. The summed E-state index contributed by atoms with van der Waals surface area (Å²) in [4.78, 5) is 29.1. The first-order valence-corrected chi connectivity index (χ1v) is 6.85. The number of aliphatic carboxylic acids is 1. The maximum atomic E-state index is 12.3. The van der Waals surface area contributed by atoms with E-state index in [-0.39, 0.29) is 5.91 Å². The number of carbonyl (C=O) groups excluding carboxylic acids is 1. The van der Waals surface area contributed by atoms with Crippen LogP contribution in [0.25, 0.3) is 0 Å². The van der Waals surface area contributed by atoms with Gasteiger partial charge in [0.15, 0.2) is 0 Å². The van der Waals surface area contributed by atoms with E-state index in [0.717, 1.165) is 4.47 Å². The Morgan fingerprint density at radius 3 is 2.53 bits per heavy atom. The number of pyridine rings is 1. The predicted octanol–water partition coefficient (Wildman–Crippen LogP) is 2.17. The van der Waals surface area contributed by atoms with Crippen LogP contribution in [0.15, 0.2) is 22.9 Å². The Kier molecular flexibility index (Phi) is 3.89. The third kappa shape index (κ3) is 2.94. The summed E-state index contributed by atoms with van der Waals surface area (Å²) in [6, 6.07) is 1.72. The average molecular weight is 327 g/mol. The van der Waals surface area contributed by atoms with Crippen molar-refractivity contribution in [1.82, 2.24) is 9.88 Å². The summed E-state index contributed by atoms with van der Waals surface area (Å²) in [7, 11) is 0. The first-order valence-electron chi connectivity index (χ1n) is 6.06. The van der Waals surface area contributed by atoms with Crippen LogP contribution in [0.4, 0.5) is 0 Å². The van der Waals surface area contributed by atoms with E-state index >= 15 is 0 Å². The van der Waals surface area contributed by atoms with Crippen molar-refractivity contribution >= 4 is 27.8 Å². The smallest absolute Gasteiger partial charge is 0.309 e. The van der Waals surface area contributed by atoms with Crippen LogP contribution in [-0.4, -0.2) is 40.0 Å². The Hall–Kier alpha value is -1.43. The van der Waals surface area contributed by atoms with Crippen molar-refractivity contribution < 1.29 is 14.7 Å². The van der Waals surface area contributed by atoms with Gasteiger partial charge in [0, 0.05) is 30.0 Å². The minimum Gasteiger partial charge on any atom is -0.481 e. The van der Waals surface area contributed by atoms with Gasteiger partial charge in [-0.25, -0.2) is 0 Å². The summed E-state index contributed by atoms with van der Waals surface area (Å²) >= 11 is 3.28. The van der Waals surface area contributed by atoms with Crippen LogP contribution in [-0.2, 0) is 4.79 Å². The number of carboxylic acids is 1. The molecule has 0 unspecified atom stereocenters. The van der Waals surface area contributed by atoms with Gasteiger partial charge in [-0.05, 0) is 41.8 Å². The van der Waals surface area contributed by atoms with E-state index in [0.29, 0.717) is 31.5 Å². The normalized spacial score (nSPS) is 18.1. The van der Waals surface area contributed by atoms with Crippen molar-refractivity contribution in [1.29, 1.82) is 0 Å². The largest absolute Gasteiger partial charge is 0.481 e. The lowest BCUT2D eigenvalue weighted by Gasteiger charge is -2.36. The van der Waals surface area contributed by atoms with Crippen molar-refractivity contribution in [3.05, 3.63) is 28.5 Å². The van der Waals surface area contributed by atoms with Crippen molar-refractivity contribution in [3.8, 4) is 0 Å². The molecule has 1 aliphatic heterocycles. The topological polar surface area (TPSA) is 70.5 Å². The lowest BCUT2D eigenvalue weighted by Crippen LogP contribution is -2.45. The molecule has 0 aliphatic carbocycles. The highest BCUT2D eigenvalue weighted by Crippen LogP contribution is 2.31. The standard InChI is InChI=1S/C13H15BrN2O3/c1-13(12(18)19)2-4-16(5-3-13)11(17)9-6-10(14)8-15-7-9/h6-8H,2-5H2,1H3,(H,18,19). The maximum absolute atomic E-state index is 12.3. The van der Waals surface area contributed by atoms with Gasteiger partial charge in [-0.15, -0.1) is 0 Å². The fourth-order valence-electron chi connectivity index (χ4n) is 2.13. The molecule has 0 radical (unpaired) electrons. The van der Waals surface area contributed by atoms with Crippen LogP contribution in [0, 0.1) is 5.41 Å². The lowest BCUT2D eigenvalue weighted by molar-refractivity contribution is -0.150. The van der Waals surface area contributed by atoms with E-state index in [1.165, 1.54) is 6.20 Å². The third-order valence-corrected chi connectivity index (χ3v) is 4.06. The molecule has 2 heterocycles. The summed E-state index contributed by atoms with van der Waals surface area (Å²) in [6.07, 6.45) is 4.11. The minimum absolute atomic E-state index is 0.0961. The van der Waals surface area contributed by atoms with Crippen molar-refractivity contribution in [2.45, 2.75) is 19.8 Å². The van der Waals surface area contributed by atoms with Crippen LogP contribution in [0.2, 0.25) is 0 Å². The second-order valence-electron chi connectivity index (χ2n) is 5.05. The van der Waals surface area contributed by atoms with Crippen LogP contribution in [0.5, 0.6) is 0 Å². The third-order valence-electron chi connectivity index (χ3n) is 3.62. The Labute approximate surface area is 119 Å². The number of piperidine rings is 1. The molecule has 1 aliphatic rings. The van der Waals surface area contributed by atoms with Gasteiger partial charge >= 0.3 is 5.97 Å². The Balaban J connectivity index is 2.06. The molecule has 2 rings (SSSR count). The molecule has 1 aromatic rings. The van der Waals surface area contributed by atoms with Gasteiger partial charge in [0.05, 0.1) is 11.0 Å².